The molecule has 0 aliphatic carbocycles. The van der Waals surface area contributed by atoms with Crippen molar-refractivity contribution in [3.05, 3.63) is 82.3 Å². The molecular weight excluding hydrogens is 455 g/mol. The SMILES string of the molecule is Cc1c(OC(=O)COc2c(F)c(F)c(F)c(F)c2F)ccc2c1O/C(=C\c1ccco1)C2=O. The first-order valence-electron chi connectivity index (χ1n) is 9.15. The number of allylic oxidation sites excluding steroid dienone is 1. The van der Waals surface area contributed by atoms with Crippen LogP contribution in [0.3, 0.4) is 0 Å². The molecule has 0 amide bonds. The molecule has 4 rings (SSSR count). The molecule has 11 heteroatoms. The van der Waals surface area contributed by atoms with E-state index in [0.717, 1.165) is 0 Å². The number of furan rings is 1. The second kappa shape index (κ2) is 8.41. The number of halogens is 5. The van der Waals surface area contributed by atoms with Gasteiger partial charge in [-0.05, 0) is 31.2 Å². The molecule has 0 spiro atoms. The minimum Gasteiger partial charge on any atom is -0.476 e. The van der Waals surface area contributed by atoms with Crippen LogP contribution in [0.15, 0.2) is 40.7 Å². The van der Waals surface area contributed by atoms with Crippen molar-refractivity contribution in [2.45, 2.75) is 6.92 Å². The number of hydrogen-bond donors (Lipinski definition) is 0. The van der Waals surface area contributed by atoms with Crippen LogP contribution < -0.4 is 14.2 Å². The number of esters is 1. The van der Waals surface area contributed by atoms with Crippen molar-refractivity contribution in [2.24, 2.45) is 0 Å². The molecule has 170 valence electrons. The molecule has 0 unspecified atom stereocenters. The Kier molecular flexibility index (Phi) is 5.62. The molecular formula is C22H11F5O6. The van der Waals surface area contributed by atoms with Crippen LogP contribution in [0.1, 0.15) is 21.7 Å². The van der Waals surface area contributed by atoms with Crippen LogP contribution in [0.5, 0.6) is 17.2 Å². The molecule has 0 atom stereocenters. The zero-order valence-corrected chi connectivity index (χ0v) is 16.5. The molecule has 33 heavy (non-hydrogen) atoms. The lowest BCUT2D eigenvalue weighted by Crippen LogP contribution is -2.20. The van der Waals surface area contributed by atoms with Crippen LogP contribution in [-0.2, 0) is 4.79 Å². The van der Waals surface area contributed by atoms with Crippen LogP contribution in [0.2, 0.25) is 0 Å². The van der Waals surface area contributed by atoms with E-state index in [1.807, 2.05) is 0 Å². The fourth-order valence-corrected chi connectivity index (χ4v) is 2.98. The van der Waals surface area contributed by atoms with E-state index in [9.17, 15) is 31.5 Å². The third kappa shape index (κ3) is 3.93. The molecule has 0 saturated carbocycles. The fraction of sp³-hybridized carbons (Fsp3) is 0.0909. The summed E-state index contributed by atoms with van der Waals surface area (Å²) < 4.78 is 87.0. The first-order valence-corrected chi connectivity index (χ1v) is 9.15. The zero-order chi connectivity index (χ0) is 23.9. The van der Waals surface area contributed by atoms with Crippen molar-refractivity contribution in [3.63, 3.8) is 0 Å². The van der Waals surface area contributed by atoms with E-state index in [1.54, 1.807) is 12.1 Å². The maximum absolute atomic E-state index is 13.6. The van der Waals surface area contributed by atoms with Gasteiger partial charge in [0, 0.05) is 11.6 Å². The highest BCUT2D eigenvalue weighted by Gasteiger charge is 2.31. The number of hydrogen-bond acceptors (Lipinski definition) is 6. The molecule has 0 N–H and O–H groups in total. The lowest BCUT2D eigenvalue weighted by atomic mass is 10.1. The Bertz CT molecular complexity index is 1280. The van der Waals surface area contributed by atoms with Gasteiger partial charge in [0.1, 0.15) is 17.3 Å². The van der Waals surface area contributed by atoms with E-state index in [4.69, 9.17) is 13.9 Å². The van der Waals surface area contributed by atoms with E-state index in [2.05, 4.69) is 4.74 Å². The summed E-state index contributed by atoms with van der Waals surface area (Å²) in [6.07, 6.45) is 2.79. The summed E-state index contributed by atoms with van der Waals surface area (Å²) in [6, 6.07) is 5.84. The average molecular weight is 466 g/mol. The number of fused-ring (bicyclic) bond motifs is 1. The van der Waals surface area contributed by atoms with Gasteiger partial charge >= 0.3 is 5.97 Å². The van der Waals surface area contributed by atoms with Gasteiger partial charge in [-0.3, -0.25) is 4.79 Å². The third-order valence-electron chi connectivity index (χ3n) is 4.58. The van der Waals surface area contributed by atoms with Crippen molar-refractivity contribution in [1.82, 2.24) is 0 Å². The normalized spacial score (nSPS) is 13.8. The van der Waals surface area contributed by atoms with Crippen molar-refractivity contribution < 1.29 is 50.2 Å². The Morgan fingerprint density at radius 1 is 1.00 bits per heavy atom. The highest BCUT2D eigenvalue weighted by atomic mass is 19.2. The molecule has 0 bridgehead atoms. The highest BCUT2D eigenvalue weighted by molar-refractivity contribution is 6.14. The van der Waals surface area contributed by atoms with Gasteiger partial charge < -0.3 is 18.6 Å². The standard InChI is InChI=1S/C22H11F5O6/c1-9-12(5-4-11-20(29)13(33-21(9)11)7-10-3-2-6-30-10)32-14(28)8-31-22-18(26)16(24)15(23)17(25)19(22)27/h2-7H,8H2,1H3/b13-7-. The van der Waals surface area contributed by atoms with Gasteiger partial charge in [0.25, 0.3) is 0 Å². The predicted molar refractivity (Wildman–Crippen MR) is 100 cm³/mol. The molecule has 0 radical (unpaired) electrons. The van der Waals surface area contributed by atoms with Gasteiger partial charge in [0.2, 0.25) is 34.9 Å². The summed E-state index contributed by atoms with van der Waals surface area (Å²) in [5.74, 6) is -14.1. The van der Waals surface area contributed by atoms with E-state index in [0.29, 0.717) is 5.76 Å². The molecule has 0 fully saturated rings. The van der Waals surface area contributed by atoms with E-state index < -0.39 is 53.2 Å². The molecule has 2 aromatic carbocycles. The maximum atomic E-state index is 13.6. The average Bonchev–Trinajstić information content (AvgIpc) is 3.42. The third-order valence-corrected chi connectivity index (χ3v) is 4.58. The smallest absolute Gasteiger partial charge is 0.349 e. The van der Waals surface area contributed by atoms with Gasteiger partial charge in [-0.25, -0.2) is 18.0 Å². The van der Waals surface area contributed by atoms with Gasteiger partial charge in [0.15, 0.2) is 18.1 Å². The molecule has 1 aliphatic heterocycles. The molecule has 1 aliphatic rings. The number of ether oxygens (including phenoxy) is 3. The van der Waals surface area contributed by atoms with E-state index >= 15 is 0 Å². The molecule has 2 heterocycles. The number of carbonyl (C=O) groups excluding carboxylic acids is 2. The Hall–Kier alpha value is -4.15. The first kappa shape index (κ1) is 22.1. The summed E-state index contributed by atoms with van der Waals surface area (Å²) in [5, 5.41) is 0. The van der Waals surface area contributed by atoms with Crippen molar-refractivity contribution >= 4 is 17.8 Å². The fourth-order valence-electron chi connectivity index (χ4n) is 2.98. The summed E-state index contributed by atoms with van der Waals surface area (Å²) >= 11 is 0. The Balaban J connectivity index is 1.50. The molecule has 3 aromatic rings. The number of carbonyl (C=O) groups is 2. The number of benzene rings is 2. The first-order chi connectivity index (χ1) is 15.7. The summed E-state index contributed by atoms with van der Waals surface area (Å²) in [5.41, 5.74) is 0.441. The minimum absolute atomic E-state index is 0.0267. The molecule has 1 aromatic heterocycles. The molecule has 6 nitrogen and oxygen atoms in total. The number of ketones is 1. The van der Waals surface area contributed by atoms with Crippen molar-refractivity contribution in [2.75, 3.05) is 6.61 Å². The van der Waals surface area contributed by atoms with Crippen molar-refractivity contribution in [3.8, 4) is 17.2 Å². The molecule has 0 saturated heterocycles. The Morgan fingerprint density at radius 3 is 2.30 bits per heavy atom. The van der Waals surface area contributed by atoms with Gasteiger partial charge in [-0.2, -0.15) is 8.78 Å². The second-order valence-corrected chi connectivity index (χ2v) is 6.68. The van der Waals surface area contributed by atoms with Crippen LogP contribution in [-0.4, -0.2) is 18.4 Å². The van der Waals surface area contributed by atoms with Crippen LogP contribution in [0, 0.1) is 36.0 Å². The van der Waals surface area contributed by atoms with Gasteiger partial charge in [-0.15, -0.1) is 0 Å². The summed E-state index contributed by atoms with van der Waals surface area (Å²) in [6.45, 7) is 0.313. The highest BCUT2D eigenvalue weighted by Crippen LogP contribution is 2.39. The zero-order valence-electron chi connectivity index (χ0n) is 16.5. The minimum atomic E-state index is -2.36. The van der Waals surface area contributed by atoms with Crippen molar-refractivity contribution in [1.29, 1.82) is 0 Å². The second-order valence-electron chi connectivity index (χ2n) is 6.68. The lowest BCUT2D eigenvalue weighted by Gasteiger charge is -2.12. The van der Waals surface area contributed by atoms with Crippen LogP contribution in [0.4, 0.5) is 22.0 Å². The van der Waals surface area contributed by atoms with Crippen LogP contribution in [0.25, 0.3) is 6.08 Å². The summed E-state index contributed by atoms with van der Waals surface area (Å²) in [4.78, 5) is 24.5. The monoisotopic (exact) mass is 466 g/mol. The number of rotatable bonds is 5. The quantitative estimate of drug-likeness (QED) is 0.133. The topological polar surface area (TPSA) is 75.0 Å². The van der Waals surface area contributed by atoms with Gasteiger partial charge in [-0.1, -0.05) is 0 Å². The largest absolute Gasteiger partial charge is 0.476 e. The van der Waals surface area contributed by atoms with E-state index in [-0.39, 0.29) is 28.4 Å². The summed E-state index contributed by atoms with van der Waals surface area (Å²) in [7, 11) is 0. The lowest BCUT2D eigenvalue weighted by molar-refractivity contribution is -0.136. The van der Waals surface area contributed by atoms with Gasteiger partial charge in [0.05, 0.1) is 11.8 Å². The van der Waals surface area contributed by atoms with Crippen LogP contribution >= 0.6 is 0 Å². The maximum Gasteiger partial charge on any atom is 0.349 e. The number of Topliss-reactive ketones (excluding diaryl/α,β-unsaturated/α-hetero) is 1. The van der Waals surface area contributed by atoms with E-state index in [1.165, 1.54) is 31.4 Å². The Labute approximate surface area is 181 Å². The Morgan fingerprint density at radius 2 is 1.67 bits per heavy atom. The predicted octanol–water partition coefficient (Wildman–Crippen LogP) is 4.88.